The first-order valence-corrected chi connectivity index (χ1v) is 23.9. The molecular formula is C65H50IrN4O-2. The van der Waals surface area contributed by atoms with Gasteiger partial charge in [-0.2, -0.15) is 0 Å². The van der Waals surface area contributed by atoms with Crippen LogP contribution in [-0.2, 0) is 26.5 Å². The average molecular weight is 1100 g/mol. The summed E-state index contributed by atoms with van der Waals surface area (Å²) in [5, 5.41) is 1.49. The summed E-state index contributed by atoms with van der Waals surface area (Å²) in [5.74, 6) is 1.57. The molecule has 1 aliphatic carbocycles. The van der Waals surface area contributed by atoms with E-state index in [0.717, 1.165) is 81.6 Å². The van der Waals surface area contributed by atoms with Gasteiger partial charge in [-0.3, -0.25) is 9.97 Å². The Morgan fingerprint density at radius 2 is 1.28 bits per heavy atom. The van der Waals surface area contributed by atoms with Crippen molar-refractivity contribution >= 4 is 33.0 Å². The molecule has 347 valence electrons. The van der Waals surface area contributed by atoms with Crippen LogP contribution in [0.4, 0.5) is 0 Å². The predicted octanol–water partition coefficient (Wildman–Crippen LogP) is 16.8. The van der Waals surface area contributed by atoms with Crippen LogP contribution in [0.5, 0.6) is 0 Å². The molecular weight excluding hydrogens is 1040 g/mol. The number of para-hydroxylation sites is 3. The molecule has 0 N–H and O–H groups in total. The topological polar surface area (TPSA) is 48.8 Å². The Labute approximate surface area is 435 Å². The van der Waals surface area contributed by atoms with Gasteiger partial charge in [0.05, 0.1) is 28.3 Å². The molecule has 12 aromatic rings. The molecule has 1 saturated carbocycles. The zero-order chi connectivity index (χ0) is 51.1. The molecule has 0 spiro atoms. The van der Waals surface area contributed by atoms with Crippen molar-refractivity contribution in [3.8, 4) is 67.5 Å². The Hall–Kier alpha value is -7.89. The van der Waals surface area contributed by atoms with Crippen LogP contribution in [0, 0.1) is 24.9 Å². The number of aromatic nitrogens is 4. The number of imidazole rings is 2. The van der Waals surface area contributed by atoms with Crippen LogP contribution < -0.4 is 0 Å². The molecule has 0 amide bonds. The molecule has 71 heavy (non-hydrogen) atoms. The van der Waals surface area contributed by atoms with Gasteiger partial charge in [0, 0.05) is 56.1 Å². The molecule has 0 saturated heterocycles. The fourth-order valence-electron chi connectivity index (χ4n) is 9.84. The molecule has 3 aromatic heterocycles. The third kappa shape index (κ3) is 9.21. The van der Waals surface area contributed by atoms with Crippen molar-refractivity contribution in [1.82, 2.24) is 19.1 Å². The van der Waals surface area contributed by atoms with Crippen LogP contribution in [0.2, 0.25) is 0 Å². The first kappa shape index (κ1) is 39.9. The van der Waals surface area contributed by atoms with Gasteiger partial charge in [-0.15, -0.1) is 53.6 Å². The molecule has 1 aliphatic rings. The van der Waals surface area contributed by atoms with Crippen LogP contribution in [0.15, 0.2) is 223 Å². The maximum atomic E-state index is 8.80. The molecule has 5 nitrogen and oxygen atoms in total. The Bertz CT molecular complexity index is 3960. The summed E-state index contributed by atoms with van der Waals surface area (Å²) in [7, 11) is 0. The van der Waals surface area contributed by atoms with E-state index in [1.54, 1.807) is 30.5 Å². The molecule has 1 radical (unpaired) electrons. The van der Waals surface area contributed by atoms with Crippen molar-refractivity contribution in [3.63, 3.8) is 0 Å². The molecule has 0 atom stereocenters. The number of hydrogen-bond acceptors (Lipinski definition) is 3. The third-order valence-electron chi connectivity index (χ3n) is 13.3. The number of benzene rings is 9. The minimum absolute atomic E-state index is 0. The van der Waals surface area contributed by atoms with Gasteiger partial charge < -0.3 is 13.6 Å². The van der Waals surface area contributed by atoms with Crippen LogP contribution >= 0.6 is 0 Å². The third-order valence-corrected chi connectivity index (χ3v) is 13.3. The Morgan fingerprint density at radius 1 is 0.620 bits per heavy atom. The van der Waals surface area contributed by atoms with Gasteiger partial charge in [0.25, 0.3) is 0 Å². The first-order chi connectivity index (χ1) is 36.6. The second-order valence-electron chi connectivity index (χ2n) is 17.8. The molecule has 0 aliphatic heterocycles. The van der Waals surface area contributed by atoms with Gasteiger partial charge in [0.2, 0.25) is 0 Å². The van der Waals surface area contributed by atoms with Crippen molar-refractivity contribution in [1.29, 1.82) is 0 Å². The van der Waals surface area contributed by atoms with Gasteiger partial charge in [-0.05, 0) is 107 Å². The quantitative estimate of drug-likeness (QED) is 0.135. The largest absolute Gasteiger partial charge is 0.501 e. The van der Waals surface area contributed by atoms with Crippen molar-refractivity contribution in [2.45, 2.75) is 38.9 Å². The number of fused-ring (bicyclic) bond motifs is 4. The van der Waals surface area contributed by atoms with Crippen LogP contribution in [-0.4, -0.2) is 19.1 Å². The minimum atomic E-state index is -2.38. The molecule has 3 heterocycles. The fourth-order valence-corrected chi connectivity index (χ4v) is 9.84. The predicted molar refractivity (Wildman–Crippen MR) is 287 cm³/mol. The van der Waals surface area contributed by atoms with E-state index in [1.807, 2.05) is 77.5 Å². The average Bonchev–Trinajstić information content (AvgIpc) is 4.31. The van der Waals surface area contributed by atoms with E-state index in [2.05, 4.69) is 132 Å². The Balaban J connectivity index is 0.000000186. The summed E-state index contributed by atoms with van der Waals surface area (Å²) < 4.78 is 53.6. The van der Waals surface area contributed by atoms with E-state index < -0.39 is 13.2 Å². The summed E-state index contributed by atoms with van der Waals surface area (Å²) >= 11 is 0. The molecule has 6 heteroatoms. The maximum Gasteiger partial charge on any atom is 0.121 e. The van der Waals surface area contributed by atoms with E-state index in [1.165, 1.54) is 5.56 Å². The van der Waals surface area contributed by atoms with Gasteiger partial charge >= 0.3 is 0 Å². The fraction of sp³-hybridized carbons (Fsp3) is 0.108. The summed E-state index contributed by atoms with van der Waals surface area (Å²) in [6, 6.07) is 75.0. The molecule has 1 fully saturated rings. The summed E-state index contributed by atoms with van der Waals surface area (Å²) in [5.41, 5.74) is 13.6. The monoisotopic (exact) mass is 1100 g/mol. The van der Waals surface area contributed by atoms with Crippen LogP contribution in [0.1, 0.15) is 43.7 Å². The molecule has 9 aromatic carbocycles. The number of furan rings is 1. The zero-order valence-corrected chi connectivity index (χ0v) is 41.1. The molecule has 0 unspecified atom stereocenters. The van der Waals surface area contributed by atoms with Gasteiger partial charge in [-0.1, -0.05) is 164 Å². The summed E-state index contributed by atoms with van der Waals surface area (Å²) in [6.45, 7) is -2.38. The normalized spacial score (nSPS) is 13.9. The smallest absolute Gasteiger partial charge is 0.121 e. The zero-order valence-electron chi connectivity index (χ0n) is 43.7. The van der Waals surface area contributed by atoms with Crippen molar-refractivity contribution in [2.75, 3.05) is 0 Å². The van der Waals surface area contributed by atoms with E-state index in [-0.39, 0.29) is 31.6 Å². The first-order valence-electron chi connectivity index (χ1n) is 26.4. The van der Waals surface area contributed by atoms with Gasteiger partial charge in [0.1, 0.15) is 5.58 Å². The summed E-state index contributed by atoms with van der Waals surface area (Å²) in [6.07, 6.45) is 6.13. The molecule has 0 bridgehead atoms. The standard InChI is InChI=1S/C40H33N2O.C25H17N2.Ir/c1-27-24-37-34-12-7-13-35(40-41-22-23-42(40)33-20-18-31(19-21-33)30-10-3-2-4-11-30)39(34)43-38(37)26-36(27)32-16-14-29(15-17-32)25-28-8-5-6-9-28;1-3-10-19(11-4-1)20-12-9-13-21(18-20)25-26-23-16-7-8-17-24(23)27(25)22-14-5-2-6-15-22;/h2-4,7,10-12,14-24,26,28H,5-6,8-9,25H2,1H3;1-12,14-18H;/q2*-1;/i1D3,25D2;;. The van der Waals surface area contributed by atoms with E-state index in [0.29, 0.717) is 44.6 Å². The number of aryl methyl sites for hydroxylation is 1. The number of hydrogen-bond donors (Lipinski definition) is 0. The number of rotatable bonds is 9. The second-order valence-corrected chi connectivity index (χ2v) is 17.8. The van der Waals surface area contributed by atoms with Crippen molar-refractivity contribution < 1.29 is 31.4 Å². The second kappa shape index (κ2) is 20.2. The van der Waals surface area contributed by atoms with Crippen LogP contribution in [0.3, 0.4) is 0 Å². The minimum Gasteiger partial charge on any atom is -0.501 e. The van der Waals surface area contributed by atoms with E-state index in [4.69, 9.17) is 21.2 Å². The Kier molecular flexibility index (Phi) is 11.4. The Morgan fingerprint density at radius 3 is 2.03 bits per heavy atom. The van der Waals surface area contributed by atoms with Gasteiger partial charge in [0.15, 0.2) is 0 Å². The summed E-state index contributed by atoms with van der Waals surface area (Å²) in [4.78, 5) is 9.62. The van der Waals surface area contributed by atoms with E-state index >= 15 is 0 Å². The van der Waals surface area contributed by atoms with Crippen molar-refractivity contribution in [3.05, 3.63) is 242 Å². The SMILES string of the molecule is [2H]C([2H])([2H])c1cc2c(cc1-c1ccc(C([2H])([2H])C3CCCC3)cc1)oc1c(-c3nccn3-c3ccc(-c4ccccc4)cc3)[c-]ccc12.[Ir].[c-]1ccc(-c2ccccc2)cc1-c1nc2ccccc2n1-c1ccccc1. The van der Waals surface area contributed by atoms with Crippen LogP contribution in [0.25, 0.3) is 101 Å². The maximum absolute atomic E-state index is 8.80. The molecule has 13 rings (SSSR count). The van der Waals surface area contributed by atoms with Gasteiger partial charge in [-0.25, -0.2) is 0 Å². The van der Waals surface area contributed by atoms with E-state index in [9.17, 15) is 0 Å². The van der Waals surface area contributed by atoms with Crippen molar-refractivity contribution in [2.24, 2.45) is 5.92 Å². The number of nitrogens with zero attached hydrogens (tertiary/aromatic N) is 4.